The molecule has 0 aliphatic heterocycles. The molecule has 0 bridgehead atoms. The third-order valence-corrected chi connectivity index (χ3v) is 4.76. The van der Waals surface area contributed by atoms with E-state index in [-0.39, 0.29) is 18.6 Å². The summed E-state index contributed by atoms with van der Waals surface area (Å²) < 4.78 is 5.39. The second-order valence-corrected chi connectivity index (χ2v) is 6.35. The molecule has 25 heavy (non-hydrogen) atoms. The number of carbonyl (C=O) groups excluding carboxylic acids is 1. The fourth-order valence-corrected chi connectivity index (χ4v) is 3.43. The van der Waals surface area contributed by atoms with Gasteiger partial charge in [-0.3, -0.25) is 0 Å². The van der Waals surface area contributed by atoms with E-state index in [4.69, 9.17) is 4.74 Å². The molecule has 2 unspecified atom stereocenters. The summed E-state index contributed by atoms with van der Waals surface area (Å²) in [4.78, 5) is 12.2. The van der Waals surface area contributed by atoms with E-state index in [0.717, 1.165) is 40.8 Å². The molecule has 1 aliphatic rings. The van der Waals surface area contributed by atoms with Gasteiger partial charge in [0.05, 0.1) is 19.3 Å². The topological polar surface area (TPSA) is 70.6 Å². The van der Waals surface area contributed by atoms with Crippen molar-refractivity contribution in [2.75, 3.05) is 13.7 Å². The molecule has 0 saturated carbocycles. The Kier molecular flexibility index (Phi) is 5.24. The normalized spacial score (nSPS) is 16.8. The number of fused-ring (bicyclic) bond motifs is 1. The van der Waals surface area contributed by atoms with Gasteiger partial charge in [-0.25, -0.2) is 4.79 Å². The Balaban J connectivity index is 1.57. The lowest BCUT2D eigenvalue weighted by Crippen LogP contribution is -2.39. The van der Waals surface area contributed by atoms with E-state index in [1.807, 2.05) is 49.4 Å². The van der Waals surface area contributed by atoms with E-state index in [0.29, 0.717) is 0 Å². The number of hydrogen-bond acceptors (Lipinski definition) is 3. The molecule has 2 aromatic rings. The zero-order chi connectivity index (χ0) is 17.8. The molecule has 0 fully saturated rings. The molecular weight excluding hydrogens is 316 g/mol. The van der Waals surface area contributed by atoms with E-state index in [9.17, 15) is 9.90 Å². The number of aliphatic hydroxyl groups is 1. The summed E-state index contributed by atoms with van der Waals surface area (Å²) in [6.07, 6.45) is 1.02. The van der Waals surface area contributed by atoms with Gasteiger partial charge in [-0.1, -0.05) is 36.4 Å². The molecule has 132 valence electrons. The Bertz CT molecular complexity index is 760. The van der Waals surface area contributed by atoms with Gasteiger partial charge in [-0.15, -0.1) is 0 Å². The third-order valence-electron chi connectivity index (χ3n) is 4.76. The SMILES string of the molecule is COc1cccc2c1CCC2NC(=O)NCC(O)c1ccccc1C. The third kappa shape index (κ3) is 3.77. The molecule has 5 heteroatoms. The second-order valence-electron chi connectivity index (χ2n) is 6.35. The molecule has 5 nitrogen and oxygen atoms in total. The van der Waals surface area contributed by atoms with Crippen molar-refractivity contribution in [2.24, 2.45) is 0 Å². The highest BCUT2D eigenvalue weighted by Gasteiger charge is 2.26. The monoisotopic (exact) mass is 340 g/mol. The van der Waals surface area contributed by atoms with Crippen molar-refractivity contribution in [3.8, 4) is 5.75 Å². The number of carbonyl (C=O) groups is 1. The van der Waals surface area contributed by atoms with Gasteiger partial charge >= 0.3 is 6.03 Å². The van der Waals surface area contributed by atoms with Crippen molar-refractivity contribution in [1.82, 2.24) is 10.6 Å². The summed E-state index contributed by atoms with van der Waals surface area (Å²) in [6, 6.07) is 13.2. The van der Waals surface area contributed by atoms with Crippen LogP contribution < -0.4 is 15.4 Å². The van der Waals surface area contributed by atoms with Crippen molar-refractivity contribution in [3.63, 3.8) is 0 Å². The molecule has 3 rings (SSSR count). The zero-order valence-corrected chi connectivity index (χ0v) is 14.6. The van der Waals surface area contributed by atoms with E-state index < -0.39 is 6.10 Å². The summed E-state index contributed by atoms with van der Waals surface area (Å²) in [5, 5.41) is 16.0. The standard InChI is InChI=1S/C20H24N2O3/c1-13-6-3-4-7-14(13)18(23)12-21-20(24)22-17-11-10-16-15(17)8-5-9-19(16)25-2/h3-9,17-18,23H,10-12H2,1-2H3,(H2,21,22,24). The van der Waals surface area contributed by atoms with Crippen LogP contribution in [0.15, 0.2) is 42.5 Å². The first-order valence-electron chi connectivity index (χ1n) is 8.54. The molecule has 2 atom stereocenters. The summed E-state index contributed by atoms with van der Waals surface area (Å²) in [6.45, 7) is 2.12. The van der Waals surface area contributed by atoms with E-state index in [2.05, 4.69) is 10.6 Å². The van der Waals surface area contributed by atoms with Crippen molar-refractivity contribution in [3.05, 3.63) is 64.7 Å². The van der Waals surface area contributed by atoms with Crippen LogP contribution in [0.3, 0.4) is 0 Å². The summed E-state index contributed by atoms with van der Waals surface area (Å²) in [5.41, 5.74) is 4.11. The van der Waals surface area contributed by atoms with Gasteiger partial charge in [-0.05, 0) is 48.1 Å². The van der Waals surface area contributed by atoms with Crippen LogP contribution in [-0.4, -0.2) is 24.8 Å². The van der Waals surface area contributed by atoms with Crippen molar-refractivity contribution in [1.29, 1.82) is 0 Å². The lowest BCUT2D eigenvalue weighted by molar-refractivity contribution is 0.172. The van der Waals surface area contributed by atoms with Crippen LogP contribution in [0.5, 0.6) is 5.75 Å². The molecule has 0 spiro atoms. The first-order chi connectivity index (χ1) is 12.1. The van der Waals surface area contributed by atoms with Crippen LogP contribution >= 0.6 is 0 Å². The van der Waals surface area contributed by atoms with Crippen LogP contribution in [-0.2, 0) is 6.42 Å². The van der Waals surface area contributed by atoms with Crippen LogP contribution in [0.1, 0.15) is 40.8 Å². The predicted octanol–water partition coefficient (Wildman–Crippen LogP) is 3.02. The van der Waals surface area contributed by atoms with Gasteiger partial charge in [0.25, 0.3) is 0 Å². The van der Waals surface area contributed by atoms with E-state index >= 15 is 0 Å². The molecular formula is C20H24N2O3. The number of hydrogen-bond donors (Lipinski definition) is 3. The Morgan fingerprint density at radius 2 is 2.08 bits per heavy atom. The predicted molar refractivity (Wildman–Crippen MR) is 96.7 cm³/mol. The van der Waals surface area contributed by atoms with E-state index in [1.54, 1.807) is 7.11 Å². The maximum atomic E-state index is 12.2. The number of nitrogens with one attached hydrogen (secondary N) is 2. The number of aryl methyl sites for hydroxylation is 1. The Morgan fingerprint density at radius 3 is 2.84 bits per heavy atom. The van der Waals surface area contributed by atoms with Gasteiger partial charge < -0.3 is 20.5 Å². The molecule has 3 N–H and O–H groups in total. The van der Waals surface area contributed by atoms with Crippen LogP contribution in [0, 0.1) is 6.92 Å². The van der Waals surface area contributed by atoms with Crippen molar-refractivity contribution in [2.45, 2.75) is 31.9 Å². The van der Waals surface area contributed by atoms with Crippen molar-refractivity contribution < 1.29 is 14.6 Å². The maximum absolute atomic E-state index is 12.2. The highest BCUT2D eigenvalue weighted by atomic mass is 16.5. The largest absolute Gasteiger partial charge is 0.496 e. The van der Waals surface area contributed by atoms with Gasteiger partial charge in [0, 0.05) is 6.54 Å². The van der Waals surface area contributed by atoms with Gasteiger partial charge in [-0.2, -0.15) is 0 Å². The smallest absolute Gasteiger partial charge is 0.315 e. The number of methoxy groups -OCH3 is 1. The molecule has 2 aromatic carbocycles. The van der Waals surface area contributed by atoms with Crippen LogP contribution in [0.25, 0.3) is 0 Å². The van der Waals surface area contributed by atoms with Crippen LogP contribution in [0.4, 0.5) is 4.79 Å². The average molecular weight is 340 g/mol. The zero-order valence-electron chi connectivity index (χ0n) is 14.6. The van der Waals surface area contributed by atoms with Gasteiger partial charge in [0.1, 0.15) is 5.75 Å². The van der Waals surface area contributed by atoms with Crippen molar-refractivity contribution >= 4 is 6.03 Å². The van der Waals surface area contributed by atoms with Gasteiger partial charge in [0.15, 0.2) is 0 Å². The molecule has 0 heterocycles. The minimum Gasteiger partial charge on any atom is -0.496 e. The number of rotatable bonds is 5. The quantitative estimate of drug-likeness (QED) is 0.783. The lowest BCUT2D eigenvalue weighted by atomic mass is 10.0. The van der Waals surface area contributed by atoms with Gasteiger partial charge in [0.2, 0.25) is 0 Å². The lowest BCUT2D eigenvalue weighted by Gasteiger charge is -2.18. The number of benzene rings is 2. The number of aliphatic hydroxyl groups excluding tert-OH is 1. The van der Waals surface area contributed by atoms with E-state index in [1.165, 1.54) is 0 Å². The number of ether oxygens (including phenoxy) is 1. The number of amides is 2. The Hall–Kier alpha value is -2.53. The Labute approximate surface area is 148 Å². The number of urea groups is 1. The minimum atomic E-state index is -0.720. The fraction of sp³-hybridized carbons (Fsp3) is 0.350. The maximum Gasteiger partial charge on any atom is 0.315 e. The summed E-state index contributed by atoms with van der Waals surface area (Å²) in [5.74, 6) is 0.872. The summed E-state index contributed by atoms with van der Waals surface area (Å²) >= 11 is 0. The minimum absolute atomic E-state index is 0.0271. The highest BCUT2D eigenvalue weighted by Crippen LogP contribution is 2.36. The molecule has 0 saturated heterocycles. The molecule has 0 aromatic heterocycles. The van der Waals surface area contributed by atoms with Crippen LogP contribution in [0.2, 0.25) is 0 Å². The second kappa shape index (κ2) is 7.57. The molecule has 1 aliphatic carbocycles. The first kappa shape index (κ1) is 17.3. The first-order valence-corrected chi connectivity index (χ1v) is 8.54. The summed E-state index contributed by atoms with van der Waals surface area (Å²) in [7, 11) is 1.66. The average Bonchev–Trinajstić information content (AvgIpc) is 3.03. The Morgan fingerprint density at radius 1 is 1.28 bits per heavy atom. The molecule has 0 radical (unpaired) electrons. The highest BCUT2D eigenvalue weighted by molar-refractivity contribution is 5.74. The molecule has 2 amide bonds. The fourth-order valence-electron chi connectivity index (χ4n) is 3.43.